The number of rotatable bonds is 2. The molecule has 23 heavy (non-hydrogen) atoms. The summed E-state index contributed by atoms with van der Waals surface area (Å²) in [7, 11) is 2.21. The van der Waals surface area contributed by atoms with Crippen LogP contribution < -0.4 is 4.90 Å². The highest BCUT2D eigenvalue weighted by Crippen LogP contribution is 2.33. The maximum absolute atomic E-state index is 4.49. The largest absolute Gasteiger partial charge is 0.353 e. The summed E-state index contributed by atoms with van der Waals surface area (Å²) in [6.45, 7) is 3.42. The molecule has 3 aliphatic rings. The van der Waals surface area contributed by atoms with E-state index in [1.807, 2.05) is 0 Å². The second-order valence-electron chi connectivity index (χ2n) is 6.97. The van der Waals surface area contributed by atoms with Crippen LogP contribution in [0.2, 0.25) is 0 Å². The van der Waals surface area contributed by atoms with Gasteiger partial charge in [-0.05, 0) is 42.8 Å². The highest BCUT2D eigenvalue weighted by atomic mass is 15.3. The second kappa shape index (κ2) is 4.90. The SMILES string of the molecule is CN1CC2CN(c3ccc(-c4ccc5c(c4)C=CC5)nn3)CC21. The van der Waals surface area contributed by atoms with Gasteiger partial charge in [0, 0.05) is 37.2 Å². The molecular weight excluding hydrogens is 284 g/mol. The first-order valence-corrected chi connectivity index (χ1v) is 8.37. The third kappa shape index (κ3) is 2.09. The molecule has 5 rings (SSSR count). The van der Waals surface area contributed by atoms with Gasteiger partial charge in [0.15, 0.2) is 5.82 Å². The minimum absolute atomic E-state index is 0.708. The van der Waals surface area contributed by atoms with Gasteiger partial charge in [0.2, 0.25) is 0 Å². The Hall–Kier alpha value is -2.20. The fourth-order valence-corrected chi connectivity index (χ4v) is 4.14. The minimum atomic E-state index is 0.708. The maximum Gasteiger partial charge on any atom is 0.151 e. The Morgan fingerprint density at radius 1 is 1.04 bits per heavy atom. The van der Waals surface area contributed by atoms with Crippen LogP contribution in [0.5, 0.6) is 0 Å². The number of nitrogens with zero attached hydrogens (tertiary/aromatic N) is 4. The standard InChI is InChI=1S/C19H20N4/c1-22-10-16-11-23(12-18(16)22)19-8-7-17(20-21-19)15-6-5-13-3-2-4-14(13)9-15/h2,4-9,16,18H,3,10-12H2,1H3. The molecule has 0 amide bonds. The summed E-state index contributed by atoms with van der Waals surface area (Å²) in [5.74, 6) is 1.82. The first kappa shape index (κ1) is 13.3. The molecule has 4 nitrogen and oxygen atoms in total. The van der Waals surface area contributed by atoms with E-state index in [-0.39, 0.29) is 0 Å². The van der Waals surface area contributed by atoms with Crippen molar-refractivity contribution in [1.29, 1.82) is 0 Å². The van der Waals surface area contributed by atoms with E-state index in [1.165, 1.54) is 17.7 Å². The molecule has 2 aromatic rings. The van der Waals surface area contributed by atoms with E-state index >= 15 is 0 Å². The molecule has 2 unspecified atom stereocenters. The van der Waals surface area contributed by atoms with E-state index in [2.05, 4.69) is 69.5 Å². The van der Waals surface area contributed by atoms with Crippen molar-refractivity contribution in [2.24, 2.45) is 5.92 Å². The Morgan fingerprint density at radius 2 is 2.00 bits per heavy atom. The summed E-state index contributed by atoms with van der Waals surface area (Å²) in [5.41, 5.74) is 4.81. The zero-order valence-corrected chi connectivity index (χ0v) is 13.3. The third-order valence-electron chi connectivity index (χ3n) is 5.55. The monoisotopic (exact) mass is 304 g/mol. The molecule has 2 aliphatic heterocycles. The molecule has 1 aromatic carbocycles. The molecule has 0 bridgehead atoms. The molecule has 2 fully saturated rings. The lowest BCUT2D eigenvalue weighted by Gasteiger charge is -2.40. The Bertz CT molecular complexity index is 780. The van der Waals surface area contributed by atoms with Crippen molar-refractivity contribution in [2.45, 2.75) is 12.5 Å². The number of hydrogen-bond acceptors (Lipinski definition) is 4. The zero-order valence-electron chi connectivity index (χ0n) is 13.3. The zero-order chi connectivity index (χ0) is 15.4. The van der Waals surface area contributed by atoms with Crippen LogP contribution in [-0.2, 0) is 6.42 Å². The lowest BCUT2D eigenvalue weighted by Crippen LogP contribution is -2.52. The lowest BCUT2D eigenvalue weighted by molar-refractivity contribution is 0.0827. The van der Waals surface area contributed by atoms with Crippen LogP contribution in [0.4, 0.5) is 5.82 Å². The van der Waals surface area contributed by atoms with Gasteiger partial charge in [0.1, 0.15) is 0 Å². The molecule has 2 saturated heterocycles. The van der Waals surface area contributed by atoms with Crippen LogP contribution >= 0.6 is 0 Å². The number of likely N-dealkylation sites (tertiary alicyclic amines) is 1. The topological polar surface area (TPSA) is 32.3 Å². The Labute approximate surface area is 136 Å². The number of aromatic nitrogens is 2. The number of fused-ring (bicyclic) bond motifs is 2. The predicted molar refractivity (Wildman–Crippen MR) is 92.3 cm³/mol. The summed E-state index contributed by atoms with van der Waals surface area (Å²) in [6.07, 6.45) is 5.45. The van der Waals surface area contributed by atoms with E-state index < -0.39 is 0 Å². The van der Waals surface area contributed by atoms with E-state index in [1.54, 1.807) is 0 Å². The average Bonchev–Trinajstić information content (AvgIpc) is 3.18. The first-order valence-electron chi connectivity index (χ1n) is 8.37. The van der Waals surface area contributed by atoms with E-state index in [0.29, 0.717) is 6.04 Å². The summed E-state index contributed by atoms with van der Waals surface area (Å²) < 4.78 is 0. The van der Waals surface area contributed by atoms with Gasteiger partial charge < -0.3 is 9.80 Å². The highest BCUT2D eigenvalue weighted by Gasteiger charge is 2.43. The van der Waals surface area contributed by atoms with Crippen molar-refractivity contribution in [3.63, 3.8) is 0 Å². The van der Waals surface area contributed by atoms with Crippen molar-refractivity contribution in [3.8, 4) is 11.3 Å². The summed E-state index contributed by atoms with van der Waals surface area (Å²) in [5, 5.41) is 8.97. The smallest absolute Gasteiger partial charge is 0.151 e. The third-order valence-corrected chi connectivity index (χ3v) is 5.55. The molecule has 116 valence electrons. The van der Waals surface area contributed by atoms with Crippen LogP contribution in [0.15, 0.2) is 36.4 Å². The van der Waals surface area contributed by atoms with Crippen molar-refractivity contribution in [1.82, 2.24) is 15.1 Å². The van der Waals surface area contributed by atoms with E-state index in [9.17, 15) is 0 Å². The Morgan fingerprint density at radius 3 is 2.78 bits per heavy atom. The van der Waals surface area contributed by atoms with Gasteiger partial charge >= 0.3 is 0 Å². The van der Waals surface area contributed by atoms with Crippen molar-refractivity contribution in [3.05, 3.63) is 47.5 Å². The molecule has 0 N–H and O–H groups in total. The Balaban J connectivity index is 1.38. The van der Waals surface area contributed by atoms with Crippen LogP contribution in [0.25, 0.3) is 17.3 Å². The Kier molecular flexibility index (Phi) is 2.82. The normalized spacial score (nSPS) is 25.3. The van der Waals surface area contributed by atoms with Crippen molar-refractivity contribution in [2.75, 3.05) is 31.6 Å². The number of benzene rings is 1. The number of hydrogen-bond donors (Lipinski definition) is 0. The molecule has 1 aliphatic carbocycles. The average molecular weight is 304 g/mol. The van der Waals surface area contributed by atoms with E-state index in [0.717, 1.165) is 42.5 Å². The molecule has 0 radical (unpaired) electrons. The summed E-state index contributed by atoms with van der Waals surface area (Å²) in [4.78, 5) is 4.81. The number of allylic oxidation sites excluding steroid dienone is 1. The second-order valence-corrected chi connectivity index (χ2v) is 6.97. The maximum atomic E-state index is 4.49. The highest BCUT2D eigenvalue weighted by molar-refractivity contribution is 5.69. The van der Waals surface area contributed by atoms with Crippen LogP contribution in [0.3, 0.4) is 0 Å². The number of anilines is 1. The van der Waals surface area contributed by atoms with Gasteiger partial charge in [-0.2, -0.15) is 0 Å². The molecule has 0 spiro atoms. The number of likely N-dealkylation sites (N-methyl/N-ethyl adjacent to an activating group) is 1. The van der Waals surface area contributed by atoms with Gasteiger partial charge in [0.25, 0.3) is 0 Å². The van der Waals surface area contributed by atoms with Gasteiger partial charge in [-0.3, -0.25) is 0 Å². The fraction of sp³-hybridized carbons (Fsp3) is 0.368. The molecule has 3 heterocycles. The van der Waals surface area contributed by atoms with Crippen LogP contribution in [0.1, 0.15) is 11.1 Å². The summed E-state index contributed by atoms with van der Waals surface area (Å²) in [6, 6.07) is 11.5. The molecule has 0 saturated carbocycles. The van der Waals surface area contributed by atoms with Crippen LogP contribution in [0, 0.1) is 5.92 Å². The van der Waals surface area contributed by atoms with E-state index in [4.69, 9.17) is 0 Å². The molecule has 2 atom stereocenters. The first-order chi connectivity index (χ1) is 11.3. The lowest BCUT2D eigenvalue weighted by atomic mass is 9.93. The van der Waals surface area contributed by atoms with Crippen LogP contribution in [-0.4, -0.2) is 47.8 Å². The fourth-order valence-electron chi connectivity index (χ4n) is 4.14. The summed E-state index contributed by atoms with van der Waals surface area (Å²) >= 11 is 0. The van der Waals surface area contributed by atoms with Gasteiger partial charge in [-0.25, -0.2) is 0 Å². The van der Waals surface area contributed by atoms with Gasteiger partial charge in [-0.1, -0.05) is 24.3 Å². The predicted octanol–water partition coefficient (Wildman–Crippen LogP) is 2.46. The quantitative estimate of drug-likeness (QED) is 0.853. The van der Waals surface area contributed by atoms with Crippen molar-refractivity contribution < 1.29 is 0 Å². The minimum Gasteiger partial charge on any atom is -0.353 e. The molecule has 1 aromatic heterocycles. The van der Waals surface area contributed by atoms with Crippen molar-refractivity contribution >= 4 is 11.9 Å². The van der Waals surface area contributed by atoms with Gasteiger partial charge in [0.05, 0.1) is 5.69 Å². The molecular formula is C19H20N4. The molecule has 4 heteroatoms. The van der Waals surface area contributed by atoms with Gasteiger partial charge in [-0.15, -0.1) is 10.2 Å².